The summed E-state index contributed by atoms with van der Waals surface area (Å²) in [6.07, 6.45) is 0.258. The first-order valence-corrected chi connectivity index (χ1v) is 8.56. The molecule has 1 aromatic carbocycles. The summed E-state index contributed by atoms with van der Waals surface area (Å²) in [4.78, 5) is 53.0. The Morgan fingerprint density at radius 2 is 2.04 bits per heavy atom. The minimum atomic E-state index is -0.897. The molecule has 27 heavy (non-hydrogen) atoms. The molecule has 1 fully saturated rings. The van der Waals surface area contributed by atoms with Crippen LogP contribution in [-0.2, 0) is 14.4 Å². The Kier molecular flexibility index (Phi) is 4.77. The summed E-state index contributed by atoms with van der Waals surface area (Å²) in [6.45, 7) is 4.86. The number of halogens is 1. The SMILES string of the molecule is Cc1nc2cc(F)cc(NC(=O)C(C)C)c2c(=O)n1C1CCC(=O)NC1=O. The van der Waals surface area contributed by atoms with Gasteiger partial charge in [-0.15, -0.1) is 0 Å². The van der Waals surface area contributed by atoms with E-state index in [0.29, 0.717) is 0 Å². The van der Waals surface area contributed by atoms with Gasteiger partial charge in [-0.1, -0.05) is 13.8 Å². The Morgan fingerprint density at radius 1 is 1.33 bits per heavy atom. The van der Waals surface area contributed by atoms with Crippen molar-refractivity contribution >= 4 is 34.3 Å². The molecule has 0 aliphatic carbocycles. The van der Waals surface area contributed by atoms with E-state index < -0.39 is 29.2 Å². The minimum absolute atomic E-state index is 0.00208. The number of benzene rings is 1. The van der Waals surface area contributed by atoms with Crippen LogP contribution in [0, 0.1) is 18.7 Å². The molecule has 3 rings (SSSR count). The molecule has 1 aliphatic heterocycles. The zero-order chi connectivity index (χ0) is 19.9. The van der Waals surface area contributed by atoms with Crippen LogP contribution in [0.1, 0.15) is 38.6 Å². The summed E-state index contributed by atoms with van der Waals surface area (Å²) in [5, 5.41) is 4.77. The minimum Gasteiger partial charge on any atom is -0.325 e. The number of aryl methyl sites for hydroxylation is 1. The number of hydrogen-bond acceptors (Lipinski definition) is 5. The van der Waals surface area contributed by atoms with Gasteiger partial charge in [0.05, 0.1) is 16.6 Å². The lowest BCUT2D eigenvalue weighted by molar-refractivity contribution is -0.135. The van der Waals surface area contributed by atoms with Crippen LogP contribution in [0.5, 0.6) is 0 Å². The fraction of sp³-hybridized carbons (Fsp3) is 0.389. The highest BCUT2D eigenvalue weighted by Gasteiger charge is 2.31. The molecule has 2 heterocycles. The lowest BCUT2D eigenvalue weighted by Gasteiger charge is -2.24. The third-order valence-corrected chi connectivity index (χ3v) is 4.45. The Bertz CT molecular complexity index is 1030. The van der Waals surface area contributed by atoms with Gasteiger partial charge in [-0.3, -0.25) is 29.1 Å². The molecule has 3 amide bonds. The van der Waals surface area contributed by atoms with Crippen LogP contribution < -0.4 is 16.2 Å². The fourth-order valence-electron chi connectivity index (χ4n) is 3.07. The molecule has 8 nitrogen and oxygen atoms in total. The second kappa shape index (κ2) is 6.90. The molecule has 1 aromatic heterocycles. The van der Waals surface area contributed by atoms with Gasteiger partial charge in [-0.2, -0.15) is 0 Å². The lowest BCUT2D eigenvalue weighted by Crippen LogP contribution is -2.45. The number of rotatable bonds is 3. The number of nitrogens with one attached hydrogen (secondary N) is 2. The predicted octanol–water partition coefficient (Wildman–Crippen LogP) is 1.42. The van der Waals surface area contributed by atoms with Gasteiger partial charge in [0.2, 0.25) is 17.7 Å². The van der Waals surface area contributed by atoms with Gasteiger partial charge in [0.25, 0.3) is 5.56 Å². The van der Waals surface area contributed by atoms with Gasteiger partial charge in [0.15, 0.2) is 0 Å². The molecule has 0 spiro atoms. The molecule has 0 bridgehead atoms. The van der Waals surface area contributed by atoms with Gasteiger partial charge in [0, 0.05) is 18.4 Å². The van der Waals surface area contributed by atoms with E-state index in [4.69, 9.17) is 0 Å². The maximum absolute atomic E-state index is 14.0. The summed E-state index contributed by atoms with van der Waals surface area (Å²) < 4.78 is 15.2. The zero-order valence-corrected chi connectivity index (χ0v) is 15.1. The van der Waals surface area contributed by atoms with Crippen LogP contribution in [0.2, 0.25) is 0 Å². The van der Waals surface area contributed by atoms with E-state index >= 15 is 0 Å². The molecule has 2 aromatic rings. The van der Waals surface area contributed by atoms with Gasteiger partial charge in [-0.05, 0) is 19.4 Å². The number of fused-ring (bicyclic) bond motifs is 1. The standard InChI is InChI=1S/C18H19FN4O4/c1-8(2)16(25)21-12-7-10(19)6-11-15(12)18(27)23(9(3)20-11)13-4-5-14(24)22-17(13)26/h6-8,13H,4-5H2,1-3H3,(H,21,25)(H,22,24,26). The second-order valence-electron chi connectivity index (χ2n) is 6.79. The second-order valence-corrected chi connectivity index (χ2v) is 6.79. The maximum Gasteiger partial charge on any atom is 0.264 e. The maximum atomic E-state index is 14.0. The third kappa shape index (κ3) is 3.44. The predicted molar refractivity (Wildman–Crippen MR) is 95.6 cm³/mol. The van der Waals surface area contributed by atoms with Crippen LogP contribution in [-0.4, -0.2) is 27.3 Å². The number of amides is 3. The van der Waals surface area contributed by atoms with E-state index in [0.717, 1.165) is 12.1 Å². The molecule has 0 radical (unpaired) electrons. The van der Waals surface area contributed by atoms with E-state index in [1.54, 1.807) is 13.8 Å². The Morgan fingerprint density at radius 3 is 2.67 bits per heavy atom. The average Bonchev–Trinajstić information content (AvgIpc) is 2.55. The van der Waals surface area contributed by atoms with E-state index in [1.165, 1.54) is 11.5 Å². The fourth-order valence-corrected chi connectivity index (χ4v) is 3.07. The Balaban J connectivity index is 2.21. The molecule has 1 unspecified atom stereocenters. The van der Waals surface area contributed by atoms with Crippen LogP contribution in [0.3, 0.4) is 0 Å². The molecule has 1 atom stereocenters. The van der Waals surface area contributed by atoms with Crippen molar-refractivity contribution in [2.24, 2.45) is 5.92 Å². The first-order valence-electron chi connectivity index (χ1n) is 8.56. The highest BCUT2D eigenvalue weighted by atomic mass is 19.1. The van der Waals surface area contributed by atoms with E-state index in [2.05, 4.69) is 15.6 Å². The summed E-state index contributed by atoms with van der Waals surface area (Å²) in [5.74, 6) is -2.18. The Labute approximate surface area is 153 Å². The number of hydrogen-bond donors (Lipinski definition) is 2. The van der Waals surface area contributed by atoms with Crippen molar-refractivity contribution in [3.8, 4) is 0 Å². The lowest BCUT2D eigenvalue weighted by atomic mass is 10.0. The van der Waals surface area contributed by atoms with Crippen molar-refractivity contribution < 1.29 is 18.8 Å². The first kappa shape index (κ1) is 18.7. The van der Waals surface area contributed by atoms with E-state index in [-0.39, 0.29) is 47.1 Å². The van der Waals surface area contributed by atoms with Crippen molar-refractivity contribution in [1.29, 1.82) is 0 Å². The van der Waals surface area contributed by atoms with Gasteiger partial charge in [0.1, 0.15) is 17.7 Å². The van der Waals surface area contributed by atoms with Crippen LogP contribution in [0.25, 0.3) is 10.9 Å². The average molecular weight is 374 g/mol. The molecule has 2 N–H and O–H groups in total. The Hall–Kier alpha value is -3.10. The molecular weight excluding hydrogens is 355 g/mol. The highest BCUT2D eigenvalue weighted by Crippen LogP contribution is 2.25. The number of imide groups is 1. The first-order chi connectivity index (χ1) is 12.7. The topological polar surface area (TPSA) is 110 Å². The van der Waals surface area contributed by atoms with E-state index in [1.807, 2.05) is 0 Å². The number of carbonyl (C=O) groups excluding carboxylic acids is 3. The van der Waals surface area contributed by atoms with Crippen molar-refractivity contribution in [3.63, 3.8) is 0 Å². The van der Waals surface area contributed by atoms with Crippen LogP contribution in [0.15, 0.2) is 16.9 Å². The number of anilines is 1. The summed E-state index contributed by atoms with van der Waals surface area (Å²) in [7, 11) is 0. The van der Waals surface area contributed by atoms with Crippen molar-refractivity contribution in [1.82, 2.24) is 14.9 Å². The van der Waals surface area contributed by atoms with Gasteiger partial charge in [-0.25, -0.2) is 9.37 Å². The molecule has 1 aliphatic rings. The monoisotopic (exact) mass is 374 g/mol. The van der Waals surface area contributed by atoms with E-state index in [9.17, 15) is 23.6 Å². The molecular formula is C18H19FN4O4. The zero-order valence-electron chi connectivity index (χ0n) is 15.1. The highest BCUT2D eigenvalue weighted by molar-refractivity contribution is 6.02. The quantitative estimate of drug-likeness (QED) is 0.790. The molecule has 0 saturated carbocycles. The largest absolute Gasteiger partial charge is 0.325 e. The van der Waals surface area contributed by atoms with Gasteiger partial charge < -0.3 is 5.32 Å². The van der Waals surface area contributed by atoms with Crippen LogP contribution >= 0.6 is 0 Å². The van der Waals surface area contributed by atoms with Crippen molar-refractivity contribution in [3.05, 3.63) is 34.1 Å². The third-order valence-electron chi connectivity index (χ3n) is 4.45. The molecule has 1 saturated heterocycles. The molecule has 9 heteroatoms. The summed E-state index contributed by atoms with van der Waals surface area (Å²) in [6, 6.07) is 1.25. The van der Waals surface area contributed by atoms with Crippen molar-refractivity contribution in [2.45, 2.75) is 39.7 Å². The number of aromatic nitrogens is 2. The summed E-state index contributed by atoms with van der Waals surface area (Å²) >= 11 is 0. The number of piperidine rings is 1. The van der Waals surface area contributed by atoms with Crippen molar-refractivity contribution in [2.75, 3.05) is 5.32 Å². The normalized spacial score (nSPS) is 17.3. The smallest absolute Gasteiger partial charge is 0.264 e. The van der Waals surface area contributed by atoms with Crippen LogP contribution in [0.4, 0.5) is 10.1 Å². The number of carbonyl (C=O) groups is 3. The molecule has 142 valence electrons. The summed E-state index contributed by atoms with van der Waals surface area (Å²) in [5.41, 5.74) is -0.492. The van der Waals surface area contributed by atoms with Gasteiger partial charge >= 0.3 is 0 Å². The number of nitrogens with zero attached hydrogens (tertiary/aromatic N) is 2.